The van der Waals surface area contributed by atoms with E-state index in [1.54, 1.807) is 0 Å². The van der Waals surface area contributed by atoms with Gasteiger partial charge in [-0.25, -0.2) is 0 Å². The van der Waals surface area contributed by atoms with Crippen LogP contribution in [0.1, 0.15) is 23.7 Å². The van der Waals surface area contributed by atoms with Crippen LogP contribution in [0.15, 0.2) is 60.9 Å². The number of nitrogens with one attached hydrogen (secondary N) is 1. The average molecular weight is 277 g/mol. The lowest BCUT2D eigenvalue weighted by molar-refractivity contribution is 0.545. The molecule has 2 heterocycles. The molecular formula is C18H19N3. The quantitative estimate of drug-likeness (QED) is 0.775. The van der Waals surface area contributed by atoms with Crippen molar-refractivity contribution in [3.8, 4) is 0 Å². The first kappa shape index (κ1) is 13.7. The Morgan fingerprint density at radius 2 is 1.90 bits per heavy atom. The number of fused-ring (bicyclic) bond motifs is 1. The van der Waals surface area contributed by atoms with Crippen LogP contribution < -0.4 is 5.32 Å². The summed E-state index contributed by atoms with van der Waals surface area (Å²) in [6, 6.07) is 16.8. The zero-order chi connectivity index (χ0) is 14.5. The van der Waals surface area contributed by atoms with Gasteiger partial charge in [-0.1, -0.05) is 24.3 Å². The molecular weight excluding hydrogens is 258 g/mol. The van der Waals surface area contributed by atoms with Crippen molar-refractivity contribution in [2.75, 3.05) is 7.05 Å². The summed E-state index contributed by atoms with van der Waals surface area (Å²) in [5.74, 6) is 0. The second kappa shape index (κ2) is 6.46. The monoisotopic (exact) mass is 277 g/mol. The molecule has 3 heteroatoms. The lowest BCUT2D eigenvalue weighted by atomic mass is 10.0. The predicted molar refractivity (Wildman–Crippen MR) is 86.1 cm³/mol. The maximum absolute atomic E-state index is 4.55. The van der Waals surface area contributed by atoms with E-state index in [9.17, 15) is 0 Å². The van der Waals surface area contributed by atoms with E-state index in [2.05, 4.69) is 39.6 Å². The Balaban J connectivity index is 1.78. The second-order valence-corrected chi connectivity index (χ2v) is 5.16. The molecule has 1 N–H and O–H groups in total. The fourth-order valence-electron chi connectivity index (χ4n) is 2.59. The smallest absolute Gasteiger partial charge is 0.0702 e. The van der Waals surface area contributed by atoms with Crippen LogP contribution in [0.3, 0.4) is 0 Å². The van der Waals surface area contributed by atoms with Crippen LogP contribution in [0.5, 0.6) is 0 Å². The molecule has 0 amide bonds. The van der Waals surface area contributed by atoms with E-state index in [4.69, 9.17) is 0 Å². The maximum Gasteiger partial charge on any atom is 0.0702 e. The molecule has 0 aliphatic carbocycles. The van der Waals surface area contributed by atoms with Gasteiger partial charge in [-0.15, -0.1) is 0 Å². The van der Waals surface area contributed by atoms with Gasteiger partial charge < -0.3 is 5.32 Å². The summed E-state index contributed by atoms with van der Waals surface area (Å²) in [6.45, 7) is 0. The zero-order valence-electron chi connectivity index (χ0n) is 12.2. The minimum Gasteiger partial charge on any atom is -0.313 e. The summed E-state index contributed by atoms with van der Waals surface area (Å²) >= 11 is 0. The number of benzene rings is 1. The van der Waals surface area contributed by atoms with Crippen LogP contribution >= 0.6 is 0 Å². The molecule has 1 unspecified atom stereocenters. The first-order valence-corrected chi connectivity index (χ1v) is 7.28. The number of hydrogen-bond acceptors (Lipinski definition) is 3. The molecule has 3 rings (SSSR count). The van der Waals surface area contributed by atoms with Crippen molar-refractivity contribution in [1.82, 2.24) is 15.3 Å². The Bertz CT molecular complexity index is 710. The molecule has 1 atom stereocenters. The van der Waals surface area contributed by atoms with Crippen LogP contribution in [0.2, 0.25) is 0 Å². The highest BCUT2D eigenvalue weighted by atomic mass is 14.9. The van der Waals surface area contributed by atoms with Crippen molar-refractivity contribution in [1.29, 1.82) is 0 Å². The summed E-state index contributed by atoms with van der Waals surface area (Å²) in [5.41, 5.74) is 3.40. The highest BCUT2D eigenvalue weighted by molar-refractivity contribution is 5.78. The van der Waals surface area contributed by atoms with Gasteiger partial charge in [0.15, 0.2) is 0 Å². The zero-order valence-corrected chi connectivity index (χ0v) is 12.2. The number of hydrogen-bond donors (Lipinski definition) is 1. The van der Waals surface area contributed by atoms with E-state index in [-0.39, 0.29) is 0 Å². The van der Waals surface area contributed by atoms with Gasteiger partial charge in [0.1, 0.15) is 0 Å². The van der Waals surface area contributed by atoms with E-state index in [0.29, 0.717) is 6.04 Å². The molecule has 2 aromatic heterocycles. The summed E-state index contributed by atoms with van der Waals surface area (Å²) in [6.07, 6.45) is 5.79. The lowest BCUT2D eigenvalue weighted by Crippen LogP contribution is -2.17. The van der Waals surface area contributed by atoms with Crippen molar-refractivity contribution in [3.63, 3.8) is 0 Å². The Labute approximate surface area is 125 Å². The first-order valence-electron chi connectivity index (χ1n) is 7.28. The number of aromatic nitrogens is 2. The van der Waals surface area contributed by atoms with Gasteiger partial charge in [-0.3, -0.25) is 9.97 Å². The largest absolute Gasteiger partial charge is 0.313 e. The normalized spacial score (nSPS) is 12.4. The Morgan fingerprint density at radius 1 is 1.05 bits per heavy atom. The number of aryl methyl sites for hydroxylation is 1. The third kappa shape index (κ3) is 3.26. The molecule has 21 heavy (non-hydrogen) atoms. The highest BCUT2D eigenvalue weighted by Gasteiger charge is 2.10. The van der Waals surface area contributed by atoms with Crippen molar-refractivity contribution in [3.05, 3.63) is 72.2 Å². The van der Waals surface area contributed by atoms with Crippen molar-refractivity contribution >= 4 is 10.9 Å². The molecule has 0 fully saturated rings. The maximum atomic E-state index is 4.55. The van der Waals surface area contributed by atoms with Gasteiger partial charge >= 0.3 is 0 Å². The fourth-order valence-corrected chi connectivity index (χ4v) is 2.59. The summed E-state index contributed by atoms with van der Waals surface area (Å²) < 4.78 is 0. The van der Waals surface area contributed by atoms with E-state index in [1.165, 1.54) is 10.9 Å². The molecule has 0 aliphatic heterocycles. The van der Waals surface area contributed by atoms with Crippen molar-refractivity contribution in [2.24, 2.45) is 0 Å². The van der Waals surface area contributed by atoms with Crippen LogP contribution in [0.25, 0.3) is 10.9 Å². The van der Waals surface area contributed by atoms with Gasteiger partial charge in [0.05, 0.1) is 5.52 Å². The van der Waals surface area contributed by atoms with Gasteiger partial charge in [0.2, 0.25) is 0 Å². The van der Waals surface area contributed by atoms with Gasteiger partial charge in [0.25, 0.3) is 0 Å². The molecule has 3 nitrogen and oxygen atoms in total. The van der Waals surface area contributed by atoms with Crippen LogP contribution in [-0.2, 0) is 6.42 Å². The van der Waals surface area contributed by atoms with E-state index < -0.39 is 0 Å². The number of rotatable bonds is 5. The Hall–Kier alpha value is -2.26. The summed E-state index contributed by atoms with van der Waals surface area (Å²) in [4.78, 5) is 8.93. The molecule has 0 saturated carbocycles. The summed E-state index contributed by atoms with van der Waals surface area (Å²) in [5, 5.41) is 4.57. The van der Waals surface area contributed by atoms with Gasteiger partial charge in [0, 0.05) is 29.5 Å². The predicted octanol–water partition coefficient (Wildman–Crippen LogP) is 3.52. The highest BCUT2D eigenvalue weighted by Crippen LogP contribution is 2.21. The standard InChI is InChI=1S/C18H19N3/c1-19-17(10-9-16-7-4-5-11-20-16)15-12-14-6-2-3-8-18(14)21-13-15/h2-8,11-13,17,19H,9-10H2,1H3. The number of nitrogens with zero attached hydrogens (tertiary/aromatic N) is 2. The van der Waals surface area contributed by atoms with E-state index in [1.807, 2.05) is 43.7 Å². The molecule has 3 aromatic rings. The molecule has 106 valence electrons. The molecule has 0 saturated heterocycles. The third-order valence-electron chi connectivity index (χ3n) is 3.78. The molecule has 1 aromatic carbocycles. The Kier molecular flexibility index (Phi) is 4.22. The minimum absolute atomic E-state index is 0.295. The Morgan fingerprint density at radius 3 is 2.71 bits per heavy atom. The fraction of sp³-hybridized carbons (Fsp3) is 0.222. The molecule has 0 bridgehead atoms. The first-order chi connectivity index (χ1) is 10.4. The van der Waals surface area contributed by atoms with Gasteiger partial charge in [-0.05, 0) is 49.7 Å². The van der Waals surface area contributed by atoms with E-state index in [0.717, 1.165) is 24.1 Å². The van der Waals surface area contributed by atoms with Crippen molar-refractivity contribution in [2.45, 2.75) is 18.9 Å². The van der Waals surface area contributed by atoms with E-state index >= 15 is 0 Å². The van der Waals surface area contributed by atoms with Crippen LogP contribution in [0.4, 0.5) is 0 Å². The topological polar surface area (TPSA) is 37.8 Å². The minimum atomic E-state index is 0.295. The van der Waals surface area contributed by atoms with Crippen molar-refractivity contribution < 1.29 is 0 Å². The third-order valence-corrected chi connectivity index (χ3v) is 3.78. The molecule has 0 spiro atoms. The van der Waals surface area contributed by atoms with Crippen LogP contribution in [0, 0.1) is 0 Å². The molecule has 0 radical (unpaired) electrons. The van der Waals surface area contributed by atoms with Gasteiger partial charge in [-0.2, -0.15) is 0 Å². The molecule has 0 aliphatic rings. The number of pyridine rings is 2. The lowest BCUT2D eigenvalue weighted by Gasteiger charge is -2.16. The average Bonchev–Trinajstić information content (AvgIpc) is 2.56. The number of para-hydroxylation sites is 1. The SMILES string of the molecule is CNC(CCc1ccccn1)c1cnc2ccccc2c1. The van der Waals surface area contributed by atoms with Crippen LogP contribution in [-0.4, -0.2) is 17.0 Å². The second-order valence-electron chi connectivity index (χ2n) is 5.16. The summed E-state index contributed by atoms with van der Waals surface area (Å²) in [7, 11) is 2.00.